The van der Waals surface area contributed by atoms with Gasteiger partial charge in [-0.05, 0) is 25.7 Å². The van der Waals surface area contributed by atoms with Crippen LogP contribution >= 0.6 is 0 Å². The Bertz CT molecular complexity index is 620. The van der Waals surface area contributed by atoms with Gasteiger partial charge in [0.1, 0.15) is 13.1 Å². The number of pyridine rings is 2. The van der Waals surface area contributed by atoms with Crippen LogP contribution in [0.15, 0.2) is 49.1 Å². The van der Waals surface area contributed by atoms with Crippen LogP contribution in [-0.2, 0) is 13.1 Å². The monoisotopic (exact) mass is 440 g/mol. The van der Waals surface area contributed by atoms with E-state index in [1.54, 1.807) is 0 Å². The highest BCUT2D eigenvalue weighted by molar-refractivity contribution is 5.40. The predicted molar refractivity (Wildman–Crippen MR) is 137 cm³/mol. The molecule has 0 aliphatic rings. The van der Waals surface area contributed by atoms with Crippen molar-refractivity contribution in [2.45, 2.75) is 104 Å². The number of unbranched alkanes of at least 4 members (excludes halogenated alkanes) is 9. The lowest BCUT2D eigenvalue weighted by Crippen LogP contribution is -2.33. The Morgan fingerprint density at radius 3 is 1.25 bits per heavy atom. The Hall–Kier alpha value is -2.10. The number of aromatic nitrogens is 2. The minimum atomic E-state index is 1.08. The van der Waals surface area contributed by atoms with Crippen LogP contribution in [0, 0.1) is 0 Å². The van der Waals surface area contributed by atoms with Gasteiger partial charge in [-0.15, -0.1) is 0 Å². The maximum Gasteiger partial charge on any atom is 0.170 e. The minimum Gasteiger partial charge on any atom is -0.385 e. The van der Waals surface area contributed by atoms with E-state index in [4.69, 9.17) is 0 Å². The standard InChI is InChI=1S/C28H46N4/c1-3-5-7-11-19-29-27-15-23-31(24-16-27)21-13-9-10-14-22-32-25-17-28(18-26-32)30-20-12-8-6-4-2/h15-18,23-26H,3-14,19-22H2,1-2H3/p+2. The van der Waals surface area contributed by atoms with Crippen LogP contribution in [0.5, 0.6) is 0 Å². The molecule has 0 atom stereocenters. The van der Waals surface area contributed by atoms with Gasteiger partial charge in [-0.3, -0.25) is 0 Å². The Morgan fingerprint density at radius 2 is 0.875 bits per heavy atom. The van der Waals surface area contributed by atoms with Gasteiger partial charge < -0.3 is 10.6 Å². The van der Waals surface area contributed by atoms with Crippen molar-refractivity contribution >= 4 is 11.4 Å². The van der Waals surface area contributed by atoms with Crippen LogP contribution in [0.2, 0.25) is 0 Å². The highest BCUT2D eigenvalue weighted by Crippen LogP contribution is 2.07. The second-order valence-electron chi connectivity index (χ2n) is 9.04. The molecule has 32 heavy (non-hydrogen) atoms. The SMILES string of the molecule is CCCCCCNc1cc[n+](CCCCCC[n+]2ccc(NCCCCCC)cc2)cc1. The summed E-state index contributed by atoms with van der Waals surface area (Å²) in [5, 5.41) is 7.06. The van der Waals surface area contributed by atoms with E-state index >= 15 is 0 Å². The normalized spacial score (nSPS) is 10.9. The second-order valence-corrected chi connectivity index (χ2v) is 9.04. The Balaban J connectivity index is 1.50. The van der Waals surface area contributed by atoms with Gasteiger partial charge in [0.25, 0.3) is 0 Å². The Kier molecular flexibility index (Phi) is 14.3. The van der Waals surface area contributed by atoms with E-state index in [-0.39, 0.29) is 0 Å². The summed E-state index contributed by atoms with van der Waals surface area (Å²) in [5.74, 6) is 0. The van der Waals surface area contributed by atoms with Crippen molar-refractivity contribution in [3.63, 3.8) is 0 Å². The van der Waals surface area contributed by atoms with E-state index in [0.717, 1.165) is 26.2 Å². The van der Waals surface area contributed by atoms with Crippen molar-refractivity contribution in [1.82, 2.24) is 0 Å². The summed E-state index contributed by atoms with van der Waals surface area (Å²) in [7, 11) is 0. The third-order valence-electron chi connectivity index (χ3n) is 6.08. The van der Waals surface area contributed by atoms with Gasteiger partial charge in [-0.25, -0.2) is 9.13 Å². The number of rotatable bonds is 19. The summed E-state index contributed by atoms with van der Waals surface area (Å²) in [6, 6.07) is 8.83. The van der Waals surface area contributed by atoms with Crippen molar-refractivity contribution < 1.29 is 9.13 Å². The average Bonchev–Trinajstić information content (AvgIpc) is 2.83. The average molecular weight is 441 g/mol. The number of nitrogens with one attached hydrogen (secondary N) is 2. The van der Waals surface area contributed by atoms with Crippen LogP contribution in [0.4, 0.5) is 11.4 Å². The van der Waals surface area contributed by atoms with Gasteiger partial charge in [-0.1, -0.05) is 52.4 Å². The van der Waals surface area contributed by atoms with E-state index in [9.17, 15) is 0 Å². The maximum absolute atomic E-state index is 3.53. The molecule has 0 aliphatic heterocycles. The number of hydrogen-bond acceptors (Lipinski definition) is 2. The molecule has 0 aliphatic carbocycles. The zero-order valence-electron chi connectivity index (χ0n) is 20.8. The number of hydrogen-bond donors (Lipinski definition) is 2. The number of aryl methyl sites for hydroxylation is 2. The third-order valence-corrected chi connectivity index (χ3v) is 6.08. The quantitative estimate of drug-likeness (QED) is 0.193. The smallest absolute Gasteiger partial charge is 0.170 e. The van der Waals surface area contributed by atoms with Crippen molar-refractivity contribution in [1.29, 1.82) is 0 Å². The van der Waals surface area contributed by atoms with Crippen LogP contribution < -0.4 is 19.8 Å². The van der Waals surface area contributed by atoms with Gasteiger partial charge in [0, 0.05) is 61.6 Å². The molecule has 2 aromatic heterocycles. The molecule has 178 valence electrons. The van der Waals surface area contributed by atoms with Crippen LogP contribution in [0.1, 0.15) is 90.9 Å². The molecule has 4 heteroatoms. The van der Waals surface area contributed by atoms with E-state index in [0.29, 0.717) is 0 Å². The largest absolute Gasteiger partial charge is 0.385 e. The lowest BCUT2D eigenvalue weighted by Gasteiger charge is -2.05. The van der Waals surface area contributed by atoms with Gasteiger partial charge >= 0.3 is 0 Å². The summed E-state index contributed by atoms with van der Waals surface area (Å²) in [6.07, 6.45) is 24.4. The predicted octanol–water partition coefficient (Wildman–Crippen LogP) is 6.51. The van der Waals surface area contributed by atoms with Crippen molar-refractivity contribution in [3.8, 4) is 0 Å². The first-order valence-electron chi connectivity index (χ1n) is 13.3. The second kappa shape index (κ2) is 17.5. The molecule has 0 unspecified atom stereocenters. The fraction of sp³-hybridized carbons (Fsp3) is 0.643. The lowest BCUT2D eigenvalue weighted by atomic mass is 10.2. The molecule has 0 spiro atoms. The summed E-state index contributed by atoms with van der Waals surface area (Å²) in [4.78, 5) is 0. The third kappa shape index (κ3) is 12.1. The molecular weight excluding hydrogens is 392 g/mol. The molecule has 0 fully saturated rings. The lowest BCUT2D eigenvalue weighted by molar-refractivity contribution is -0.698. The molecule has 2 N–H and O–H groups in total. The molecule has 2 aromatic rings. The molecule has 0 amide bonds. The molecule has 0 radical (unpaired) electrons. The molecule has 0 saturated heterocycles. The fourth-order valence-electron chi connectivity index (χ4n) is 3.96. The van der Waals surface area contributed by atoms with Gasteiger partial charge in [0.05, 0.1) is 0 Å². The highest BCUT2D eigenvalue weighted by atomic mass is 14.9. The molecular formula is C28H48N4+2. The zero-order chi connectivity index (χ0) is 22.7. The first-order chi connectivity index (χ1) is 15.8. The molecule has 0 saturated carbocycles. The van der Waals surface area contributed by atoms with E-state index in [1.807, 2.05) is 0 Å². The Morgan fingerprint density at radius 1 is 0.500 bits per heavy atom. The zero-order valence-corrected chi connectivity index (χ0v) is 20.8. The number of nitrogens with zero attached hydrogens (tertiary/aromatic N) is 2. The van der Waals surface area contributed by atoms with Gasteiger partial charge in [-0.2, -0.15) is 0 Å². The van der Waals surface area contributed by atoms with Crippen molar-refractivity contribution in [2.24, 2.45) is 0 Å². The first-order valence-corrected chi connectivity index (χ1v) is 13.3. The maximum atomic E-state index is 3.53. The molecule has 2 heterocycles. The van der Waals surface area contributed by atoms with Crippen molar-refractivity contribution in [3.05, 3.63) is 49.1 Å². The highest BCUT2D eigenvalue weighted by Gasteiger charge is 2.03. The molecule has 4 nitrogen and oxygen atoms in total. The van der Waals surface area contributed by atoms with Crippen molar-refractivity contribution in [2.75, 3.05) is 23.7 Å². The molecule has 0 aromatic carbocycles. The van der Waals surface area contributed by atoms with E-state index in [1.165, 1.54) is 88.4 Å². The van der Waals surface area contributed by atoms with E-state index < -0.39 is 0 Å². The fourth-order valence-corrected chi connectivity index (χ4v) is 3.96. The topological polar surface area (TPSA) is 31.8 Å². The minimum absolute atomic E-state index is 1.08. The summed E-state index contributed by atoms with van der Waals surface area (Å²) < 4.78 is 4.62. The van der Waals surface area contributed by atoms with E-state index in [2.05, 4.69) is 82.7 Å². The van der Waals surface area contributed by atoms with Gasteiger partial charge in [0.15, 0.2) is 24.8 Å². The van der Waals surface area contributed by atoms with Gasteiger partial charge in [0.2, 0.25) is 0 Å². The number of anilines is 2. The summed E-state index contributed by atoms with van der Waals surface area (Å²) >= 11 is 0. The van der Waals surface area contributed by atoms with Crippen LogP contribution in [-0.4, -0.2) is 13.1 Å². The molecule has 2 rings (SSSR count). The van der Waals surface area contributed by atoms with Crippen LogP contribution in [0.25, 0.3) is 0 Å². The molecule has 0 bridgehead atoms. The Labute approximate surface area is 197 Å². The van der Waals surface area contributed by atoms with Crippen LogP contribution in [0.3, 0.4) is 0 Å². The summed E-state index contributed by atoms with van der Waals surface area (Å²) in [6.45, 7) is 8.91. The summed E-state index contributed by atoms with van der Waals surface area (Å²) in [5.41, 5.74) is 2.49. The first kappa shape index (κ1) is 26.2.